The molecule has 8 heteroatoms. The summed E-state index contributed by atoms with van der Waals surface area (Å²) in [5, 5.41) is 12.2. The molecule has 0 atom stereocenters. The second kappa shape index (κ2) is 7.67. The third kappa shape index (κ3) is 3.46. The monoisotopic (exact) mass is 402 g/mol. The Bertz CT molecular complexity index is 1390. The molecule has 2 aromatic heterocycles. The maximum Gasteiger partial charge on any atom is 0.357 e. The average Bonchev–Trinajstić information content (AvgIpc) is 2.97. The van der Waals surface area contributed by atoms with Gasteiger partial charge in [0.1, 0.15) is 5.69 Å². The maximum atomic E-state index is 11.8. The molecule has 150 valence electrons. The van der Waals surface area contributed by atoms with Crippen LogP contribution in [0.3, 0.4) is 0 Å². The molecule has 0 spiro atoms. The lowest BCUT2D eigenvalue weighted by Crippen LogP contribution is -2.25. The Hall–Kier alpha value is -4.20. The zero-order valence-electron chi connectivity index (χ0n) is 16.1. The van der Waals surface area contributed by atoms with Gasteiger partial charge in [-0.15, -0.1) is 0 Å². The van der Waals surface area contributed by atoms with Crippen molar-refractivity contribution in [1.82, 2.24) is 14.5 Å². The van der Waals surface area contributed by atoms with Crippen molar-refractivity contribution in [2.75, 3.05) is 0 Å². The number of para-hydroxylation sites is 1. The van der Waals surface area contributed by atoms with Gasteiger partial charge in [-0.25, -0.2) is 4.79 Å². The van der Waals surface area contributed by atoms with E-state index in [9.17, 15) is 19.7 Å². The summed E-state index contributed by atoms with van der Waals surface area (Å²) >= 11 is 0. The lowest BCUT2D eigenvalue weighted by molar-refractivity contribution is -0.386. The fraction of sp³-hybridized carbons (Fsp3) is 0.0909. The first-order valence-electron chi connectivity index (χ1n) is 9.26. The van der Waals surface area contributed by atoms with E-state index in [-0.39, 0.29) is 5.69 Å². The zero-order valence-corrected chi connectivity index (χ0v) is 16.1. The highest BCUT2D eigenvalue weighted by Gasteiger charge is 2.19. The quantitative estimate of drug-likeness (QED) is 0.393. The maximum absolute atomic E-state index is 11.8. The van der Waals surface area contributed by atoms with Crippen LogP contribution in [0.2, 0.25) is 0 Å². The molecule has 4 aromatic rings. The number of aromatic amines is 2. The number of nitro groups is 1. The molecule has 0 fully saturated rings. The van der Waals surface area contributed by atoms with Crippen LogP contribution in [0, 0.1) is 17.0 Å². The van der Waals surface area contributed by atoms with Gasteiger partial charge in [0.15, 0.2) is 0 Å². The van der Waals surface area contributed by atoms with E-state index in [4.69, 9.17) is 0 Å². The van der Waals surface area contributed by atoms with E-state index in [0.717, 1.165) is 27.7 Å². The fourth-order valence-corrected chi connectivity index (χ4v) is 3.60. The van der Waals surface area contributed by atoms with Crippen LogP contribution in [0.1, 0.15) is 22.5 Å². The Morgan fingerprint density at radius 1 is 1.00 bits per heavy atom. The molecule has 0 aliphatic carbocycles. The predicted molar refractivity (Wildman–Crippen MR) is 115 cm³/mol. The van der Waals surface area contributed by atoms with Crippen molar-refractivity contribution in [2.45, 2.75) is 13.5 Å². The summed E-state index contributed by atoms with van der Waals surface area (Å²) in [6, 6.07) is 17.9. The number of aromatic nitrogens is 3. The van der Waals surface area contributed by atoms with Crippen LogP contribution in [-0.4, -0.2) is 19.5 Å². The van der Waals surface area contributed by atoms with E-state index < -0.39 is 21.9 Å². The molecule has 0 aliphatic heterocycles. The highest BCUT2D eigenvalue weighted by atomic mass is 16.6. The summed E-state index contributed by atoms with van der Waals surface area (Å²) in [5.74, 6) is 0. The van der Waals surface area contributed by atoms with Crippen molar-refractivity contribution in [3.63, 3.8) is 0 Å². The van der Waals surface area contributed by atoms with Gasteiger partial charge in [-0.05, 0) is 24.6 Å². The Balaban J connectivity index is 1.85. The largest absolute Gasteiger partial charge is 0.357 e. The standard InChI is InChI=1S/C22H18N4O4/c1-14-16(11-12-18-20(26(29)30)21(27)24-22(28)23-18)17-9-5-6-10-19(17)25(14)13-15-7-3-2-4-8-15/h2-12H,13H2,1H3,(H2,23,24,27,28)/b12-11+. The highest BCUT2D eigenvalue weighted by Crippen LogP contribution is 2.28. The average molecular weight is 402 g/mol. The highest BCUT2D eigenvalue weighted by molar-refractivity contribution is 5.94. The van der Waals surface area contributed by atoms with Crippen molar-refractivity contribution < 1.29 is 4.92 Å². The summed E-state index contributed by atoms with van der Waals surface area (Å²) in [6.45, 7) is 2.64. The Kier molecular flexibility index (Phi) is 4.89. The Morgan fingerprint density at radius 3 is 2.43 bits per heavy atom. The fourth-order valence-electron chi connectivity index (χ4n) is 3.60. The summed E-state index contributed by atoms with van der Waals surface area (Å²) in [6.07, 6.45) is 3.09. The first-order valence-corrected chi connectivity index (χ1v) is 9.26. The zero-order chi connectivity index (χ0) is 21.3. The Morgan fingerprint density at radius 2 is 1.70 bits per heavy atom. The first-order chi connectivity index (χ1) is 14.5. The molecule has 0 saturated heterocycles. The van der Waals surface area contributed by atoms with E-state index in [0.29, 0.717) is 6.54 Å². The molecule has 0 amide bonds. The van der Waals surface area contributed by atoms with Crippen molar-refractivity contribution in [2.24, 2.45) is 0 Å². The topological polar surface area (TPSA) is 114 Å². The smallest absolute Gasteiger partial charge is 0.340 e. The lowest BCUT2D eigenvalue weighted by atomic mass is 10.1. The lowest BCUT2D eigenvalue weighted by Gasteiger charge is -2.08. The summed E-state index contributed by atoms with van der Waals surface area (Å²) in [5.41, 5.74) is 1.31. The molecule has 0 aliphatic rings. The van der Waals surface area contributed by atoms with Crippen LogP contribution in [0.25, 0.3) is 23.1 Å². The molecular formula is C22H18N4O4. The van der Waals surface area contributed by atoms with Crippen LogP contribution in [-0.2, 0) is 6.54 Å². The summed E-state index contributed by atoms with van der Waals surface area (Å²) in [7, 11) is 0. The molecule has 0 unspecified atom stereocenters. The van der Waals surface area contributed by atoms with Gasteiger partial charge in [-0.2, -0.15) is 0 Å². The molecular weight excluding hydrogens is 384 g/mol. The molecule has 0 saturated carbocycles. The number of fused-ring (bicyclic) bond motifs is 1. The molecule has 4 rings (SSSR count). The van der Waals surface area contributed by atoms with Gasteiger partial charge in [-0.1, -0.05) is 54.6 Å². The van der Waals surface area contributed by atoms with Crippen molar-refractivity contribution in [1.29, 1.82) is 0 Å². The molecule has 30 heavy (non-hydrogen) atoms. The van der Waals surface area contributed by atoms with E-state index in [1.54, 1.807) is 6.08 Å². The van der Waals surface area contributed by atoms with Crippen molar-refractivity contribution in [3.05, 3.63) is 108 Å². The minimum atomic E-state index is -1.04. The van der Waals surface area contributed by atoms with Crippen LogP contribution in [0.4, 0.5) is 5.69 Å². The minimum Gasteiger partial charge on any atom is -0.340 e. The number of benzene rings is 2. The van der Waals surface area contributed by atoms with Gasteiger partial charge in [0, 0.05) is 28.7 Å². The van der Waals surface area contributed by atoms with Crippen molar-refractivity contribution in [3.8, 4) is 0 Å². The molecule has 2 N–H and O–H groups in total. The van der Waals surface area contributed by atoms with E-state index >= 15 is 0 Å². The number of rotatable bonds is 5. The second-order valence-electron chi connectivity index (χ2n) is 6.85. The number of H-pyrrole nitrogens is 2. The number of hydrogen-bond acceptors (Lipinski definition) is 4. The van der Waals surface area contributed by atoms with Crippen LogP contribution in [0.15, 0.2) is 64.2 Å². The van der Waals surface area contributed by atoms with Gasteiger partial charge in [0.2, 0.25) is 0 Å². The molecule has 0 bridgehead atoms. The van der Waals surface area contributed by atoms with Gasteiger partial charge in [-0.3, -0.25) is 19.9 Å². The minimum absolute atomic E-state index is 0.145. The first kappa shape index (κ1) is 19.1. The van der Waals surface area contributed by atoms with Crippen LogP contribution >= 0.6 is 0 Å². The molecule has 2 aromatic carbocycles. The number of nitrogens with one attached hydrogen (secondary N) is 2. The van der Waals surface area contributed by atoms with E-state index in [2.05, 4.69) is 9.55 Å². The summed E-state index contributed by atoms with van der Waals surface area (Å²) in [4.78, 5) is 38.1. The SMILES string of the molecule is Cc1c(/C=C/c2[nH]c(=O)[nH]c(=O)c2[N+](=O)[O-])c2ccccc2n1Cc1ccccc1. The van der Waals surface area contributed by atoms with Crippen LogP contribution in [0.5, 0.6) is 0 Å². The molecule has 8 nitrogen and oxygen atoms in total. The Labute approximate surface area is 170 Å². The van der Waals surface area contributed by atoms with E-state index in [1.165, 1.54) is 6.08 Å². The normalized spacial score (nSPS) is 11.4. The third-order valence-corrected chi connectivity index (χ3v) is 5.01. The predicted octanol–water partition coefficient (Wildman–Crippen LogP) is 3.45. The van der Waals surface area contributed by atoms with Crippen LogP contribution < -0.4 is 11.2 Å². The van der Waals surface area contributed by atoms with Gasteiger partial charge in [0.25, 0.3) is 0 Å². The number of hydrogen-bond donors (Lipinski definition) is 2. The summed E-state index contributed by atoms with van der Waals surface area (Å²) < 4.78 is 2.17. The number of nitrogens with zero attached hydrogens (tertiary/aromatic N) is 2. The third-order valence-electron chi connectivity index (χ3n) is 5.01. The molecule has 0 radical (unpaired) electrons. The second-order valence-corrected chi connectivity index (χ2v) is 6.85. The van der Waals surface area contributed by atoms with Gasteiger partial charge < -0.3 is 9.55 Å². The molecule has 2 heterocycles. The van der Waals surface area contributed by atoms with E-state index in [1.807, 2.05) is 66.5 Å². The van der Waals surface area contributed by atoms with Crippen molar-refractivity contribution >= 4 is 28.7 Å². The van der Waals surface area contributed by atoms with Gasteiger partial charge >= 0.3 is 16.9 Å². The van der Waals surface area contributed by atoms with Gasteiger partial charge in [0.05, 0.1) is 4.92 Å².